The second-order valence-corrected chi connectivity index (χ2v) is 7.49. The summed E-state index contributed by atoms with van der Waals surface area (Å²) in [5, 5.41) is 0. The van der Waals surface area contributed by atoms with Gasteiger partial charge in [0.1, 0.15) is 5.70 Å². The van der Waals surface area contributed by atoms with E-state index in [9.17, 15) is 9.59 Å². The van der Waals surface area contributed by atoms with Crippen LogP contribution in [-0.4, -0.2) is 34.7 Å². The van der Waals surface area contributed by atoms with E-state index in [0.717, 1.165) is 29.7 Å². The predicted octanol–water partition coefficient (Wildman–Crippen LogP) is 3.63. The number of nitrogens with zero attached hydrogens (tertiary/aromatic N) is 2. The highest BCUT2D eigenvalue weighted by Crippen LogP contribution is 2.35. The summed E-state index contributed by atoms with van der Waals surface area (Å²) in [4.78, 5) is 29.8. The first kappa shape index (κ1) is 18.2. The Balaban J connectivity index is 1.84. The zero-order chi connectivity index (χ0) is 19.8. The molecular weight excluding hydrogens is 348 g/mol. The van der Waals surface area contributed by atoms with Crippen molar-refractivity contribution in [3.8, 4) is 0 Å². The van der Waals surface area contributed by atoms with E-state index in [1.165, 1.54) is 16.0 Å². The van der Waals surface area contributed by atoms with E-state index in [1.54, 1.807) is 6.08 Å². The standard InChI is InChI=1S/C24H24N2O2/c1-4-12-26-23(27)21(20-10-9-16(2)14-17(20)3)22(24(26)28)25-13-11-18-7-5-6-8-19(18)15-25/h4-10,14H,1,11-13,15H2,2-3H3. The van der Waals surface area contributed by atoms with Gasteiger partial charge in [0, 0.05) is 19.6 Å². The lowest BCUT2D eigenvalue weighted by Gasteiger charge is -2.31. The summed E-state index contributed by atoms with van der Waals surface area (Å²) < 4.78 is 0. The summed E-state index contributed by atoms with van der Waals surface area (Å²) >= 11 is 0. The molecule has 0 saturated heterocycles. The third-order valence-corrected chi connectivity index (χ3v) is 5.55. The van der Waals surface area contributed by atoms with Gasteiger partial charge in [-0.1, -0.05) is 54.1 Å². The highest BCUT2D eigenvalue weighted by molar-refractivity contribution is 6.35. The van der Waals surface area contributed by atoms with E-state index in [4.69, 9.17) is 0 Å². The Morgan fingerprint density at radius 1 is 1.04 bits per heavy atom. The van der Waals surface area contributed by atoms with Crippen LogP contribution in [0, 0.1) is 13.8 Å². The van der Waals surface area contributed by atoms with Crippen LogP contribution in [0.5, 0.6) is 0 Å². The summed E-state index contributed by atoms with van der Waals surface area (Å²) in [5.74, 6) is -0.454. The van der Waals surface area contributed by atoms with Gasteiger partial charge in [-0.2, -0.15) is 0 Å². The largest absolute Gasteiger partial charge is 0.362 e. The fourth-order valence-corrected chi connectivity index (χ4v) is 4.17. The first-order chi connectivity index (χ1) is 13.5. The number of aryl methyl sites for hydroxylation is 2. The van der Waals surface area contributed by atoms with Gasteiger partial charge in [0.05, 0.1) is 5.57 Å². The third kappa shape index (κ3) is 2.95. The maximum atomic E-state index is 13.2. The molecule has 2 amide bonds. The molecule has 0 N–H and O–H groups in total. The molecule has 0 atom stereocenters. The van der Waals surface area contributed by atoms with Crippen LogP contribution >= 0.6 is 0 Å². The van der Waals surface area contributed by atoms with Gasteiger partial charge in [-0.25, -0.2) is 0 Å². The van der Waals surface area contributed by atoms with Crippen molar-refractivity contribution in [3.05, 3.63) is 88.6 Å². The molecule has 0 bridgehead atoms. The van der Waals surface area contributed by atoms with Gasteiger partial charge in [0.25, 0.3) is 11.8 Å². The Labute approximate surface area is 165 Å². The van der Waals surface area contributed by atoms with Crippen LogP contribution in [0.1, 0.15) is 27.8 Å². The van der Waals surface area contributed by atoms with Crippen molar-refractivity contribution < 1.29 is 9.59 Å². The maximum absolute atomic E-state index is 13.2. The van der Waals surface area contributed by atoms with Crippen LogP contribution in [-0.2, 0) is 22.6 Å². The first-order valence-corrected chi connectivity index (χ1v) is 9.62. The molecule has 0 spiro atoms. The summed E-state index contributed by atoms with van der Waals surface area (Å²) in [7, 11) is 0. The molecule has 4 rings (SSSR count). The fraction of sp³-hybridized carbons (Fsp3) is 0.250. The Morgan fingerprint density at radius 3 is 2.50 bits per heavy atom. The van der Waals surface area contributed by atoms with Gasteiger partial charge in [-0.3, -0.25) is 14.5 Å². The molecule has 0 fully saturated rings. The molecule has 0 saturated carbocycles. The van der Waals surface area contributed by atoms with Crippen molar-refractivity contribution in [3.63, 3.8) is 0 Å². The minimum absolute atomic E-state index is 0.222. The van der Waals surface area contributed by atoms with Crippen LogP contribution < -0.4 is 0 Å². The molecule has 4 nitrogen and oxygen atoms in total. The third-order valence-electron chi connectivity index (χ3n) is 5.55. The van der Waals surface area contributed by atoms with Crippen LogP contribution in [0.15, 0.2) is 60.8 Å². The monoisotopic (exact) mass is 372 g/mol. The summed E-state index contributed by atoms with van der Waals surface area (Å²) in [6, 6.07) is 14.3. The topological polar surface area (TPSA) is 40.6 Å². The highest BCUT2D eigenvalue weighted by Gasteiger charge is 2.41. The van der Waals surface area contributed by atoms with Crippen LogP contribution in [0.2, 0.25) is 0 Å². The number of carbonyl (C=O) groups excluding carboxylic acids is 2. The number of carbonyl (C=O) groups is 2. The average Bonchev–Trinajstić information content (AvgIpc) is 2.93. The zero-order valence-corrected chi connectivity index (χ0v) is 16.4. The molecule has 142 valence electrons. The molecule has 2 heterocycles. The molecule has 2 aromatic rings. The lowest BCUT2D eigenvalue weighted by molar-refractivity contribution is -0.136. The Kier molecular flexibility index (Phi) is 4.63. The minimum atomic E-state index is -0.231. The van der Waals surface area contributed by atoms with Crippen molar-refractivity contribution in [1.29, 1.82) is 0 Å². The van der Waals surface area contributed by atoms with Crippen molar-refractivity contribution in [1.82, 2.24) is 9.80 Å². The molecule has 0 aliphatic carbocycles. The molecule has 4 heteroatoms. The van der Waals surface area contributed by atoms with Gasteiger partial charge in [-0.05, 0) is 42.5 Å². The molecule has 0 aromatic heterocycles. The number of fused-ring (bicyclic) bond motifs is 1. The van der Waals surface area contributed by atoms with E-state index < -0.39 is 0 Å². The average molecular weight is 372 g/mol. The normalized spacial score (nSPS) is 16.6. The molecule has 2 aliphatic rings. The van der Waals surface area contributed by atoms with E-state index in [-0.39, 0.29) is 18.4 Å². The second kappa shape index (κ2) is 7.12. The number of imide groups is 1. The van der Waals surface area contributed by atoms with Gasteiger partial charge in [-0.15, -0.1) is 6.58 Å². The number of amides is 2. The lowest BCUT2D eigenvalue weighted by Crippen LogP contribution is -2.37. The van der Waals surface area contributed by atoms with E-state index in [2.05, 4.69) is 29.7 Å². The molecular formula is C24H24N2O2. The van der Waals surface area contributed by atoms with Crippen molar-refractivity contribution in [2.45, 2.75) is 26.8 Å². The smallest absolute Gasteiger partial charge is 0.278 e. The zero-order valence-electron chi connectivity index (χ0n) is 16.4. The quantitative estimate of drug-likeness (QED) is 0.608. The second-order valence-electron chi connectivity index (χ2n) is 7.49. The van der Waals surface area contributed by atoms with E-state index in [1.807, 2.05) is 38.1 Å². The van der Waals surface area contributed by atoms with Crippen molar-refractivity contribution in [2.24, 2.45) is 0 Å². The molecule has 0 radical (unpaired) electrons. The SMILES string of the molecule is C=CCN1C(=O)C(c2ccc(C)cc2C)=C(N2CCc3ccccc3C2)C1=O. The number of hydrogen-bond acceptors (Lipinski definition) is 3. The van der Waals surface area contributed by atoms with Gasteiger partial charge in [0.15, 0.2) is 0 Å². The van der Waals surface area contributed by atoms with Crippen LogP contribution in [0.25, 0.3) is 5.57 Å². The van der Waals surface area contributed by atoms with Crippen LogP contribution in [0.4, 0.5) is 0 Å². The van der Waals surface area contributed by atoms with Crippen molar-refractivity contribution >= 4 is 17.4 Å². The maximum Gasteiger partial charge on any atom is 0.278 e. The van der Waals surface area contributed by atoms with Gasteiger partial charge in [0.2, 0.25) is 0 Å². The van der Waals surface area contributed by atoms with Gasteiger partial charge >= 0.3 is 0 Å². The number of rotatable bonds is 4. The molecule has 2 aliphatic heterocycles. The van der Waals surface area contributed by atoms with E-state index in [0.29, 0.717) is 17.8 Å². The Bertz CT molecular complexity index is 1020. The highest BCUT2D eigenvalue weighted by atomic mass is 16.2. The Hall–Kier alpha value is -3.14. The van der Waals surface area contributed by atoms with E-state index >= 15 is 0 Å². The van der Waals surface area contributed by atoms with Gasteiger partial charge < -0.3 is 4.90 Å². The number of benzene rings is 2. The lowest BCUT2D eigenvalue weighted by atomic mass is 9.95. The number of hydrogen-bond donors (Lipinski definition) is 0. The summed E-state index contributed by atoms with van der Waals surface area (Å²) in [6.45, 7) is 9.31. The Morgan fingerprint density at radius 2 is 1.79 bits per heavy atom. The van der Waals surface area contributed by atoms with Crippen LogP contribution in [0.3, 0.4) is 0 Å². The van der Waals surface area contributed by atoms with Crippen molar-refractivity contribution in [2.75, 3.05) is 13.1 Å². The molecule has 0 unspecified atom stereocenters. The molecule has 28 heavy (non-hydrogen) atoms. The minimum Gasteiger partial charge on any atom is -0.362 e. The first-order valence-electron chi connectivity index (χ1n) is 9.62. The molecule has 2 aromatic carbocycles. The summed E-state index contributed by atoms with van der Waals surface area (Å²) in [6.07, 6.45) is 2.46. The summed E-state index contributed by atoms with van der Waals surface area (Å²) in [5.41, 5.74) is 6.54. The fourth-order valence-electron chi connectivity index (χ4n) is 4.17. The predicted molar refractivity (Wildman–Crippen MR) is 110 cm³/mol.